The fourth-order valence-corrected chi connectivity index (χ4v) is 3.21. The van der Waals surface area contributed by atoms with Crippen LogP contribution >= 0.6 is 34.8 Å². The molecule has 0 atom stereocenters. The zero-order valence-corrected chi connectivity index (χ0v) is 14.3. The molecule has 122 valence electrons. The summed E-state index contributed by atoms with van der Waals surface area (Å²) in [6.07, 6.45) is 0.471. The highest BCUT2D eigenvalue weighted by Gasteiger charge is 2.19. The molecule has 0 spiro atoms. The molecule has 24 heavy (non-hydrogen) atoms. The Bertz CT molecular complexity index is 941. The van der Waals surface area contributed by atoms with E-state index >= 15 is 0 Å². The average Bonchev–Trinajstić information content (AvgIpc) is 2.83. The first kappa shape index (κ1) is 16.6. The molecule has 0 aliphatic heterocycles. The van der Waals surface area contributed by atoms with E-state index in [9.17, 15) is 9.59 Å². The summed E-state index contributed by atoms with van der Waals surface area (Å²) in [5.74, 6) is 0.239. The van der Waals surface area contributed by atoms with Gasteiger partial charge in [-0.05, 0) is 24.3 Å². The minimum atomic E-state index is -0.574. The second kappa shape index (κ2) is 6.73. The first-order valence-electron chi connectivity index (χ1n) is 6.78. The van der Waals surface area contributed by atoms with Crippen LogP contribution in [-0.2, 0) is 0 Å². The average molecular weight is 383 g/mol. The van der Waals surface area contributed by atoms with Crippen LogP contribution in [0.2, 0.25) is 15.1 Å². The Kier molecular flexibility index (Phi) is 4.66. The van der Waals surface area contributed by atoms with Crippen molar-refractivity contribution in [2.75, 3.05) is 5.32 Å². The molecule has 0 saturated carbocycles. The lowest BCUT2D eigenvalue weighted by atomic mass is 10.3. The van der Waals surface area contributed by atoms with Gasteiger partial charge in [0.05, 0.1) is 10.0 Å². The molecule has 0 amide bonds. The quantitative estimate of drug-likeness (QED) is 0.644. The van der Waals surface area contributed by atoms with Crippen molar-refractivity contribution in [1.82, 2.24) is 9.78 Å². The van der Waals surface area contributed by atoms with Gasteiger partial charge in [-0.3, -0.25) is 14.7 Å². The molecule has 2 N–H and O–H groups in total. The zero-order chi connectivity index (χ0) is 17.3. The number of H-pyrrole nitrogens is 1. The molecule has 0 bridgehead atoms. The molecule has 0 unspecified atom stereocenters. The van der Waals surface area contributed by atoms with Crippen molar-refractivity contribution in [2.24, 2.45) is 0 Å². The molecular weight excluding hydrogens is 373 g/mol. The first-order valence-corrected chi connectivity index (χ1v) is 7.92. The number of nitrogens with one attached hydrogen (secondary N) is 2. The number of halogens is 3. The van der Waals surface area contributed by atoms with Gasteiger partial charge in [-0.15, -0.1) is 0 Å². The van der Waals surface area contributed by atoms with Crippen molar-refractivity contribution in [2.45, 2.75) is 0 Å². The number of aromatic nitrogens is 2. The highest BCUT2D eigenvalue weighted by atomic mass is 35.5. The van der Waals surface area contributed by atoms with Crippen molar-refractivity contribution < 1.29 is 4.79 Å². The number of carbonyl (C=O) groups is 1. The van der Waals surface area contributed by atoms with Gasteiger partial charge in [0.1, 0.15) is 17.1 Å². The second-order valence-corrected chi connectivity index (χ2v) is 6.12. The van der Waals surface area contributed by atoms with E-state index < -0.39 is 5.56 Å². The topological polar surface area (TPSA) is 66.9 Å². The third-order valence-electron chi connectivity index (χ3n) is 3.29. The number of carbonyl (C=O) groups excluding carboxylic acids is 1. The van der Waals surface area contributed by atoms with E-state index in [1.54, 1.807) is 12.1 Å². The van der Waals surface area contributed by atoms with Crippen LogP contribution in [0.25, 0.3) is 5.69 Å². The second-order valence-electron chi connectivity index (χ2n) is 4.87. The summed E-state index contributed by atoms with van der Waals surface area (Å²) in [5, 5.41) is 6.50. The molecule has 0 aliphatic carbocycles. The lowest BCUT2D eigenvalue weighted by Gasteiger charge is -2.08. The number of anilines is 2. The number of rotatable bonds is 4. The highest BCUT2D eigenvalue weighted by Crippen LogP contribution is 2.31. The normalized spacial score (nSPS) is 10.6. The van der Waals surface area contributed by atoms with Crippen molar-refractivity contribution in [3.8, 4) is 5.69 Å². The Hall–Kier alpha value is -2.21. The Morgan fingerprint density at radius 2 is 1.67 bits per heavy atom. The van der Waals surface area contributed by atoms with E-state index in [2.05, 4.69) is 10.4 Å². The molecule has 0 radical (unpaired) electrons. The number of nitrogens with zero attached hydrogens (tertiary/aromatic N) is 1. The molecule has 5 nitrogen and oxygen atoms in total. The Morgan fingerprint density at radius 3 is 2.25 bits per heavy atom. The highest BCUT2D eigenvalue weighted by molar-refractivity contribution is 6.40. The fourth-order valence-electron chi connectivity index (χ4n) is 2.23. The third-order valence-corrected chi connectivity index (χ3v) is 4.09. The van der Waals surface area contributed by atoms with Crippen molar-refractivity contribution in [3.63, 3.8) is 0 Å². The SMILES string of the molecule is O=Cc1c(Nc2ccccc2)[nH]n(-c2c(Cl)cc(Cl)cc2Cl)c1=O. The molecule has 8 heteroatoms. The standard InChI is InChI=1S/C16H10Cl3N3O2/c17-9-6-12(18)14(13(19)7-9)22-16(24)11(8-23)15(21-22)20-10-4-2-1-3-5-10/h1-8,20-21H. The van der Waals surface area contributed by atoms with Crippen molar-refractivity contribution in [3.05, 3.63) is 73.4 Å². The van der Waals surface area contributed by atoms with Crippen LogP contribution in [0.3, 0.4) is 0 Å². The van der Waals surface area contributed by atoms with Gasteiger partial charge in [0.15, 0.2) is 6.29 Å². The molecule has 1 heterocycles. The van der Waals surface area contributed by atoms with E-state index in [1.165, 1.54) is 12.1 Å². The zero-order valence-electron chi connectivity index (χ0n) is 12.0. The maximum Gasteiger partial charge on any atom is 0.284 e. The maximum absolute atomic E-state index is 12.5. The molecule has 0 fully saturated rings. The number of aromatic amines is 1. The van der Waals surface area contributed by atoms with Gasteiger partial charge in [0.25, 0.3) is 5.56 Å². The van der Waals surface area contributed by atoms with Crippen LogP contribution in [0.5, 0.6) is 0 Å². The number of hydrogen-bond acceptors (Lipinski definition) is 3. The van der Waals surface area contributed by atoms with Crippen LogP contribution in [0, 0.1) is 0 Å². The van der Waals surface area contributed by atoms with Gasteiger partial charge in [0.2, 0.25) is 0 Å². The molecule has 2 aromatic carbocycles. The van der Waals surface area contributed by atoms with Crippen LogP contribution in [0.1, 0.15) is 10.4 Å². The number of para-hydroxylation sites is 1. The van der Waals surface area contributed by atoms with Gasteiger partial charge in [-0.25, -0.2) is 4.68 Å². The van der Waals surface area contributed by atoms with Crippen molar-refractivity contribution in [1.29, 1.82) is 0 Å². The van der Waals surface area contributed by atoms with E-state index in [0.717, 1.165) is 4.68 Å². The molecular formula is C16H10Cl3N3O2. The van der Waals surface area contributed by atoms with E-state index in [-0.39, 0.29) is 27.1 Å². The molecule has 3 rings (SSSR count). The Morgan fingerprint density at radius 1 is 1.04 bits per heavy atom. The van der Waals surface area contributed by atoms with Gasteiger partial charge >= 0.3 is 0 Å². The van der Waals surface area contributed by atoms with Crippen LogP contribution in [0.4, 0.5) is 11.5 Å². The lowest BCUT2D eigenvalue weighted by Crippen LogP contribution is -2.17. The number of aldehydes is 1. The largest absolute Gasteiger partial charge is 0.340 e. The Labute approximate surface area is 151 Å². The van der Waals surface area contributed by atoms with Crippen molar-refractivity contribution >= 4 is 52.6 Å². The first-order chi connectivity index (χ1) is 11.5. The fraction of sp³-hybridized carbons (Fsp3) is 0. The van der Waals surface area contributed by atoms with Gasteiger partial charge < -0.3 is 5.32 Å². The predicted octanol–water partition coefficient (Wildman–Crippen LogP) is 4.68. The Balaban J connectivity index is 2.15. The van der Waals surface area contributed by atoms with Crippen LogP contribution in [0.15, 0.2) is 47.3 Å². The van der Waals surface area contributed by atoms with Crippen LogP contribution < -0.4 is 10.9 Å². The minimum absolute atomic E-state index is 0.0686. The predicted molar refractivity (Wildman–Crippen MR) is 96.5 cm³/mol. The third kappa shape index (κ3) is 3.06. The summed E-state index contributed by atoms with van der Waals surface area (Å²) in [6, 6.07) is 12.0. The lowest BCUT2D eigenvalue weighted by molar-refractivity contribution is 0.112. The monoisotopic (exact) mass is 381 g/mol. The summed E-state index contributed by atoms with van der Waals surface area (Å²) in [6.45, 7) is 0. The van der Waals surface area contributed by atoms with E-state index in [4.69, 9.17) is 34.8 Å². The smallest absolute Gasteiger partial charge is 0.284 e. The summed E-state index contributed by atoms with van der Waals surface area (Å²) in [7, 11) is 0. The van der Waals surface area contributed by atoms with E-state index in [1.807, 2.05) is 18.2 Å². The van der Waals surface area contributed by atoms with Crippen LogP contribution in [-0.4, -0.2) is 16.1 Å². The molecule has 1 aromatic heterocycles. The molecule has 0 aliphatic rings. The molecule has 0 saturated heterocycles. The summed E-state index contributed by atoms with van der Waals surface area (Å²) < 4.78 is 1.11. The summed E-state index contributed by atoms with van der Waals surface area (Å²) in [5.41, 5.74) is 0.287. The van der Waals surface area contributed by atoms with Gasteiger partial charge in [-0.2, -0.15) is 0 Å². The van der Waals surface area contributed by atoms with E-state index in [0.29, 0.717) is 17.0 Å². The van der Waals surface area contributed by atoms with Gasteiger partial charge in [-0.1, -0.05) is 53.0 Å². The number of hydrogen-bond donors (Lipinski definition) is 2. The molecule has 3 aromatic rings. The maximum atomic E-state index is 12.5. The summed E-state index contributed by atoms with van der Waals surface area (Å²) >= 11 is 18.2. The summed E-state index contributed by atoms with van der Waals surface area (Å²) in [4.78, 5) is 23.9. The minimum Gasteiger partial charge on any atom is -0.340 e. The van der Waals surface area contributed by atoms with Gasteiger partial charge in [0, 0.05) is 10.7 Å². The number of benzene rings is 2.